The lowest BCUT2D eigenvalue weighted by molar-refractivity contribution is -0.122. The number of phenols is 1. The molecule has 41 heavy (non-hydrogen) atoms. The predicted molar refractivity (Wildman–Crippen MR) is 164 cm³/mol. The van der Waals surface area contributed by atoms with Gasteiger partial charge in [-0.05, 0) is 78.6 Å². The summed E-state index contributed by atoms with van der Waals surface area (Å²) in [6.07, 6.45) is 1.11. The van der Waals surface area contributed by atoms with Crippen LogP contribution in [0.1, 0.15) is 78.0 Å². The van der Waals surface area contributed by atoms with Crippen LogP contribution in [0.3, 0.4) is 0 Å². The third kappa shape index (κ3) is 7.79. The Morgan fingerprint density at radius 3 is 2.10 bits per heavy atom. The molecule has 3 aromatic carbocycles. The Kier molecular flexibility index (Phi) is 9.67. The summed E-state index contributed by atoms with van der Waals surface area (Å²) in [6.45, 7) is 14.8. The van der Waals surface area contributed by atoms with Crippen molar-refractivity contribution >= 4 is 29.0 Å². The number of carbonyl (C=O) groups excluding carboxylic acids is 2. The Morgan fingerprint density at radius 1 is 0.878 bits per heavy atom. The first-order chi connectivity index (χ1) is 19.3. The molecule has 3 aromatic rings. The Balaban J connectivity index is 1.68. The molecule has 1 unspecified atom stereocenters. The number of phenolic OH excluding ortho intramolecular Hbond substituents is 1. The minimum Gasteiger partial charge on any atom is -0.506 e. The normalized spacial score (nSPS) is 12.1. The summed E-state index contributed by atoms with van der Waals surface area (Å²) in [7, 11) is 0. The molecule has 0 radical (unpaired) electrons. The minimum absolute atomic E-state index is 0.0213. The topological polar surface area (TPSA) is 123 Å². The molecule has 0 aliphatic rings. The van der Waals surface area contributed by atoms with Crippen LogP contribution >= 0.6 is 0 Å². The zero-order valence-electron chi connectivity index (χ0n) is 24.9. The van der Waals surface area contributed by atoms with Gasteiger partial charge in [-0.25, -0.2) is 4.79 Å². The zero-order chi connectivity index (χ0) is 30.4. The fraction of sp³-hybridized carbons (Fsp3) is 0.364. The van der Waals surface area contributed by atoms with E-state index in [0.717, 1.165) is 18.4 Å². The van der Waals surface area contributed by atoms with Crippen molar-refractivity contribution in [1.29, 1.82) is 5.26 Å². The average molecular weight is 557 g/mol. The van der Waals surface area contributed by atoms with E-state index < -0.39 is 12.1 Å². The third-order valence-electron chi connectivity index (χ3n) is 7.72. The highest BCUT2D eigenvalue weighted by Gasteiger charge is 2.28. The SMILES string of the molecule is CCC(C)(C)c1ccc(OC(C)C(=O)Nc2ccc(NC(=O)Nc3ccc(C#N)cc3)c(O)c2)c(C(C)(C)CC)c1. The molecule has 0 saturated heterocycles. The summed E-state index contributed by atoms with van der Waals surface area (Å²) in [5.41, 5.74) is 3.66. The van der Waals surface area contributed by atoms with Gasteiger partial charge in [0.15, 0.2) is 6.10 Å². The standard InChI is InChI=1S/C33H40N4O4/c1-8-32(4,5)23-12-17-29(26(18-23)33(6,7)9-2)41-21(3)30(39)35-25-15-16-27(28(38)19-25)37-31(40)36-24-13-10-22(20-34)11-14-24/h10-19,21,38H,8-9H2,1-7H3,(H,35,39)(H2,36,37,40). The van der Waals surface area contributed by atoms with E-state index in [-0.39, 0.29) is 28.2 Å². The first-order valence-electron chi connectivity index (χ1n) is 13.8. The molecular weight excluding hydrogens is 516 g/mol. The number of rotatable bonds is 10. The first-order valence-corrected chi connectivity index (χ1v) is 13.8. The van der Waals surface area contributed by atoms with Crippen molar-refractivity contribution in [1.82, 2.24) is 0 Å². The van der Waals surface area contributed by atoms with Crippen LogP contribution in [-0.2, 0) is 15.6 Å². The van der Waals surface area contributed by atoms with Crippen molar-refractivity contribution in [2.75, 3.05) is 16.0 Å². The van der Waals surface area contributed by atoms with Crippen molar-refractivity contribution in [2.45, 2.75) is 78.2 Å². The second kappa shape index (κ2) is 12.8. The van der Waals surface area contributed by atoms with Crippen LogP contribution in [-0.4, -0.2) is 23.1 Å². The van der Waals surface area contributed by atoms with E-state index in [1.54, 1.807) is 37.3 Å². The zero-order valence-corrected chi connectivity index (χ0v) is 24.9. The smallest absolute Gasteiger partial charge is 0.323 e. The van der Waals surface area contributed by atoms with Gasteiger partial charge in [-0.15, -0.1) is 0 Å². The lowest BCUT2D eigenvalue weighted by atomic mass is 9.76. The first kappa shape index (κ1) is 31.0. The van der Waals surface area contributed by atoms with Crippen LogP contribution in [0.15, 0.2) is 60.7 Å². The molecular formula is C33H40N4O4. The molecule has 0 aromatic heterocycles. The molecule has 0 bridgehead atoms. The molecule has 0 fully saturated rings. The molecule has 0 saturated carbocycles. The minimum atomic E-state index is -0.801. The number of aromatic hydroxyl groups is 1. The number of ether oxygens (including phenoxy) is 1. The highest BCUT2D eigenvalue weighted by atomic mass is 16.5. The Morgan fingerprint density at radius 2 is 1.51 bits per heavy atom. The number of urea groups is 1. The van der Waals surface area contributed by atoms with Crippen molar-refractivity contribution in [3.63, 3.8) is 0 Å². The second-order valence-corrected chi connectivity index (χ2v) is 11.4. The Bertz CT molecular complexity index is 1440. The predicted octanol–water partition coefficient (Wildman–Crippen LogP) is 7.69. The van der Waals surface area contributed by atoms with Crippen LogP contribution in [0.25, 0.3) is 0 Å². The number of nitrogens with zero attached hydrogens (tertiary/aromatic N) is 1. The third-order valence-corrected chi connectivity index (χ3v) is 7.72. The van der Waals surface area contributed by atoms with Crippen LogP contribution < -0.4 is 20.7 Å². The quantitative estimate of drug-likeness (QED) is 0.191. The van der Waals surface area contributed by atoms with E-state index in [2.05, 4.69) is 69.6 Å². The van der Waals surface area contributed by atoms with Gasteiger partial charge in [0.2, 0.25) is 0 Å². The summed E-state index contributed by atoms with van der Waals surface area (Å²) >= 11 is 0. The second-order valence-electron chi connectivity index (χ2n) is 11.4. The number of amides is 3. The van der Waals surface area contributed by atoms with Gasteiger partial charge in [0.25, 0.3) is 5.91 Å². The summed E-state index contributed by atoms with van der Waals surface area (Å²) in [5.74, 6) is 0.0835. The van der Waals surface area contributed by atoms with Gasteiger partial charge in [0.1, 0.15) is 11.5 Å². The average Bonchev–Trinajstić information content (AvgIpc) is 2.94. The summed E-state index contributed by atoms with van der Waals surface area (Å²) in [4.78, 5) is 25.4. The number of nitriles is 1. The molecule has 4 N–H and O–H groups in total. The van der Waals surface area contributed by atoms with Crippen molar-refractivity contribution in [3.05, 3.63) is 77.4 Å². The van der Waals surface area contributed by atoms with Crippen LogP contribution in [0.2, 0.25) is 0 Å². The maximum atomic E-state index is 13.0. The van der Waals surface area contributed by atoms with Crippen LogP contribution in [0, 0.1) is 11.3 Å². The monoisotopic (exact) mass is 556 g/mol. The van der Waals surface area contributed by atoms with Crippen molar-refractivity contribution in [3.8, 4) is 17.6 Å². The van der Waals surface area contributed by atoms with Gasteiger partial charge in [0.05, 0.1) is 17.3 Å². The Labute approximate surface area is 242 Å². The van der Waals surface area contributed by atoms with E-state index in [1.165, 1.54) is 17.7 Å². The fourth-order valence-electron chi connectivity index (χ4n) is 4.09. The molecule has 0 aliphatic heterocycles. The molecule has 0 spiro atoms. The number of benzene rings is 3. The van der Waals surface area contributed by atoms with Crippen LogP contribution in [0.4, 0.5) is 21.9 Å². The number of hydrogen-bond donors (Lipinski definition) is 4. The van der Waals surface area contributed by atoms with Gasteiger partial charge in [-0.2, -0.15) is 5.26 Å². The molecule has 8 nitrogen and oxygen atoms in total. The van der Waals surface area contributed by atoms with Crippen LogP contribution in [0.5, 0.6) is 11.5 Å². The lowest BCUT2D eigenvalue weighted by Crippen LogP contribution is -2.31. The number of nitrogens with one attached hydrogen (secondary N) is 3. The molecule has 3 amide bonds. The molecule has 8 heteroatoms. The highest BCUT2D eigenvalue weighted by molar-refractivity contribution is 6.01. The van der Waals surface area contributed by atoms with Crippen molar-refractivity contribution in [2.24, 2.45) is 0 Å². The van der Waals surface area contributed by atoms with E-state index in [1.807, 2.05) is 12.1 Å². The fourth-order valence-corrected chi connectivity index (χ4v) is 4.09. The summed E-state index contributed by atoms with van der Waals surface area (Å²) in [6, 6.07) is 18.5. The van der Waals surface area contributed by atoms with Gasteiger partial charge >= 0.3 is 6.03 Å². The van der Waals surface area contributed by atoms with Gasteiger partial charge < -0.3 is 25.8 Å². The van der Waals surface area contributed by atoms with E-state index >= 15 is 0 Å². The molecule has 0 heterocycles. The molecule has 216 valence electrons. The molecule has 1 atom stereocenters. The maximum Gasteiger partial charge on any atom is 0.323 e. The van der Waals surface area contributed by atoms with Gasteiger partial charge in [0, 0.05) is 23.0 Å². The maximum absolute atomic E-state index is 13.0. The van der Waals surface area contributed by atoms with E-state index in [4.69, 9.17) is 10.00 Å². The lowest BCUT2D eigenvalue weighted by Gasteiger charge is -2.31. The van der Waals surface area contributed by atoms with E-state index in [0.29, 0.717) is 22.7 Å². The van der Waals surface area contributed by atoms with Gasteiger partial charge in [-0.3, -0.25) is 4.79 Å². The van der Waals surface area contributed by atoms with E-state index in [9.17, 15) is 14.7 Å². The van der Waals surface area contributed by atoms with Gasteiger partial charge in [-0.1, -0.05) is 53.7 Å². The number of carbonyl (C=O) groups is 2. The molecule has 0 aliphatic carbocycles. The Hall–Kier alpha value is -4.51. The number of hydrogen-bond acceptors (Lipinski definition) is 5. The molecule has 3 rings (SSSR count). The summed E-state index contributed by atoms with van der Waals surface area (Å²) < 4.78 is 6.19. The number of anilines is 3. The highest BCUT2D eigenvalue weighted by Crippen LogP contribution is 2.39. The largest absolute Gasteiger partial charge is 0.506 e. The van der Waals surface area contributed by atoms with Crippen molar-refractivity contribution < 1.29 is 19.4 Å². The summed E-state index contributed by atoms with van der Waals surface area (Å²) in [5, 5.41) is 27.3.